The lowest BCUT2D eigenvalue weighted by molar-refractivity contribution is -0.133. The Morgan fingerprint density at radius 3 is 2.94 bits per heavy atom. The van der Waals surface area contributed by atoms with Crippen LogP contribution >= 0.6 is 0 Å². The lowest BCUT2D eigenvalue weighted by Gasteiger charge is -2.25. The number of rotatable bonds is 4. The summed E-state index contributed by atoms with van der Waals surface area (Å²) in [5.41, 5.74) is -0.506. The second-order valence-electron chi connectivity index (χ2n) is 5.19. The van der Waals surface area contributed by atoms with Crippen molar-refractivity contribution < 1.29 is 9.59 Å². The minimum atomic E-state index is -0.506. The lowest BCUT2D eigenvalue weighted by atomic mass is 9.88. The molecule has 1 aliphatic rings. The van der Waals surface area contributed by atoms with E-state index in [1.165, 1.54) is 0 Å². The Balaban J connectivity index is 2.60. The van der Waals surface area contributed by atoms with Crippen molar-refractivity contribution in [3.63, 3.8) is 0 Å². The lowest BCUT2D eigenvalue weighted by Crippen LogP contribution is -2.49. The molecule has 96 valence electrons. The van der Waals surface area contributed by atoms with Gasteiger partial charge in [0.25, 0.3) is 0 Å². The molecule has 0 spiro atoms. The second kappa shape index (κ2) is 5.84. The third-order valence-electron chi connectivity index (χ3n) is 3.11. The van der Waals surface area contributed by atoms with Crippen molar-refractivity contribution >= 4 is 11.8 Å². The molecule has 4 nitrogen and oxygen atoms in total. The SMILES string of the molecule is C=CCC(C)(C)C(=O)N[C@H]1CCCCNC1=O. The molecule has 2 N–H and O–H groups in total. The molecule has 0 radical (unpaired) electrons. The summed E-state index contributed by atoms with van der Waals surface area (Å²) in [7, 11) is 0. The molecule has 0 unspecified atom stereocenters. The fraction of sp³-hybridized carbons (Fsp3) is 0.692. The fourth-order valence-electron chi connectivity index (χ4n) is 1.88. The van der Waals surface area contributed by atoms with Crippen molar-refractivity contribution in [2.24, 2.45) is 5.41 Å². The maximum Gasteiger partial charge on any atom is 0.242 e. The van der Waals surface area contributed by atoms with E-state index < -0.39 is 5.41 Å². The summed E-state index contributed by atoms with van der Waals surface area (Å²) in [6, 6.07) is -0.380. The fourth-order valence-corrected chi connectivity index (χ4v) is 1.88. The van der Waals surface area contributed by atoms with E-state index in [0.29, 0.717) is 13.0 Å². The Morgan fingerprint density at radius 2 is 2.29 bits per heavy atom. The van der Waals surface area contributed by atoms with E-state index in [1.807, 2.05) is 13.8 Å². The highest BCUT2D eigenvalue weighted by Gasteiger charge is 2.30. The van der Waals surface area contributed by atoms with Crippen molar-refractivity contribution in [2.45, 2.75) is 45.6 Å². The van der Waals surface area contributed by atoms with Gasteiger partial charge in [0.1, 0.15) is 6.04 Å². The Hall–Kier alpha value is -1.32. The van der Waals surface area contributed by atoms with Gasteiger partial charge in [-0.05, 0) is 25.7 Å². The number of hydrogen-bond donors (Lipinski definition) is 2. The van der Waals surface area contributed by atoms with E-state index in [4.69, 9.17) is 0 Å². The van der Waals surface area contributed by atoms with Crippen LogP contribution in [0.15, 0.2) is 12.7 Å². The zero-order valence-corrected chi connectivity index (χ0v) is 10.7. The predicted octanol–water partition coefficient (Wildman–Crippen LogP) is 1.37. The molecule has 2 amide bonds. The summed E-state index contributed by atoms with van der Waals surface area (Å²) < 4.78 is 0. The molecule has 1 saturated heterocycles. The molecule has 1 rings (SSSR count). The van der Waals surface area contributed by atoms with Gasteiger partial charge in [0.05, 0.1) is 0 Å². The van der Waals surface area contributed by atoms with Gasteiger partial charge in [-0.25, -0.2) is 0 Å². The smallest absolute Gasteiger partial charge is 0.242 e. The summed E-state index contributed by atoms with van der Waals surface area (Å²) in [4.78, 5) is 23.7. The van der Waals surface area contributed by atoms with Crippen molar-refractivity contribution in [1.82, 2.24) is 10.6 Å². The first-order valence-electron chi connectivity index (χ1n) is 6.17. The largest absolute Gasteiger partial charge is 0.354 e. The van der Waals surface area contributed by atoms with Gasteiger partial charge in [-0.15, -0.1) is 6.58 Å². The first-order valence-corrected chi connectivity index (χ1v) is 6.17. The van der Waals surface area contributed by atoms with E-state index in [-0.39, 0.29) is 17.9 Å². The van der Waals surface area contributed by atoms with Crippen LogP contribution in [0, 0.1) is 5.41 Å². The molecule has 1 heterocycles. The third kappa shape index (κ3) is 3.88. The highest BCUT2D eigenvalue weighted by molar-refractivity contribution is 5.89. The molecular weight excluding hydrogens is 216 g/mol. The maximum atomic E-state index is 12.0. The number of carbonyl (C=O) groups is 2. The van der Waals surface area contributed by atoms with Crippen LogP contribution in [0.25, 0.3) is 0 Å². The predicted molar refractivity (Wildman–Crippen MR) is 67.4 cm³/mol. The van der Waals surface area contributed by atoms with Crippen LogP contribution in [-0.2, 0) is 9.59 Å². The van der Waals surface area contributed by atoms with E-state index in [9.17, 15) is 9.59 Å². The topological polar surface area (TPSA) is 58.2 Å². The number of allylic oxidation sites excluding steroid dienone is 1. The molecule has 1 atom stereocenters. The van der Waals surface area contributed by atoms with Crippen LogP contribution in [0.2, 0.25) is 0 Å². The zero-order chi connectivity index (χ0) is 12.9. The molecule has 0 aromatic carbocycles. The van der Waals surface area contributed by atoms with Crippen molar-refractivity contribution in [3.8, 4) is 0 Å². The Labute approximate surface area is 103 Å². The second-order valence-corrected chi connectivity index (χ2v) is 5.19. The van der Waals surface area contributed by atoms with E-state index in [0.717, 1.165) is 19.3 Å². The Morgan fingerprint density at radius 1 is 1.59 bits per heavy atom. The minimum absolute atomic E-state index is 0.0646. The molecule has 0 bridgehead atoms. The first-order chi connectivity index (χ1) is 7.97. The highest BCUT2D eigenvalue weighted by Crippen LogP contribution is 2.21. The van der Waals surface area contributed by atoms with Crippen molar-refractivity contribution in [2.75, 3.05) is 6.54 Å². The molecule has 4 heteroatoms. The molecule has 0 aliphatic carbocycles. The number of hydrogen-bond acceptors (Lipinski definition) is 2. The summed E-state index contributed by atoms with van der Waals surface area (Å²) in [5, 5.41) is 5.64. The number of nitrogens with one attached hydrogen (secondary N) is 2. The zero-order valence-electron chi connectivity index (χ0n) is 10.7. The third-order valence-corrected chi connectivity index (χ3v) is 3.11. The number of carbonyl (C=O) groups excluding carboxylic acids is 2. The Bertz CT molecular complexity index is 311. The van der Waals surface area contributed by atoms with Crippen LogP contribution in [0.5, 0.6) is 0 Å². The summed E-state index contributed by atoms with van der Waals surface area (Å²) in [6.07, 6.45) is 5.00. The molecular formula is C13H22N2O2. The monoisotopic (exact) mass is 238 g/mol. The van der Waals surface area contributed by atoms with Crippen LogP contribution in [-0.4, -0.2) is 24.4 Å². The van der Waals surface area contributed by atoms with E-state index in [2.05, 4.69) is 17.2 Å². The summed E-state index contributed by atoms with van der Waals surface area (Å²) in [5.74, 6) is -0.148. The van der Waals surface area contributed by atoms with Crippen LogP contribution < -0.4 is 10.6 Å². The molecule has 0 aromatic rings. The van der Waals surface area contributed by atoms with Crippen LogP contribution in [0.4, 0.5) is 0 Å². The number of amides is 2. The Kier molecular flexibility index (Phi) is 4.73. The van der Waals surface area contributed by atoms with Crippen molar-refractivity contribution in [1.29, 1.82) is 0 Å². The molecule has 17 heavy (non-hydrogen) atoms. The normalized spacial score (nSPS) is 21.3. The van der Waals surface area contributed by atoms with Crippen LogP contribution in [0.1, 0.15) is 39.5 Å². The molecule has 0 aromatic heterocycles. The van der Waals surface area contributed by atoms with Gasteiger partial charge in [-0.2, -0.15) is 0 Å². The molecule has 1 fully saturated rings. The first kappa shape index (κ1) is 13.7. The highest BCUT2D eigenvalue weighted by atomic mass is 16.2. The summed E-state index contributed by atoms with van der Waals surface area (Å²) >= 11 is 0. The average molecular weight is 238 g/mol. The van der Waals surface area contributed by atoms with E-state index in [1.54, 1.807) is 6.08 Å². The van der Waals surface area contributed by atoms with Gasteiger partial charge in [0.2, 0.25) is 11.8 Å². The molecule has 1 aliphatic heterocycles. The average Bonchev–Trinajstić information content (AvgIpc) is 2.44. The van der Waals surface area contributed by atoms with E-state index >= 15 is 0 Å². The van der Waals surface area contributed by atoms with Gasteiger partial charge >= 0.3 is 0 Å². The van der Waals surface area contributed by atoms with Gasteiger partial charge in [-0.1, -0.05) is 19.9 Å². The minimum Gasteiger partial charge on any atom is -0.354 e. The van der Waals surface area contributed by atoms with Crippen LogP contribution in [0.3, 0.4) is 0 Å². The standard InChI is InChI=1S/C13H22N2O2/c1-4-8-13(2,3)12(17)15-10-7-5-6-9-14-11(10)16/h4,10H,1,5-9H2,2-3H3,(H,14,16)(H,15,17)/t10-/m0/s1. The van der Waals surface area contributed by atoms with Gasteiger partial charge in [0, 0.05) is 12.0 Å². The quantitative estimate of drug-likeness (QED) is 0.727. The van der Waals surface area contributed by atoms with Crippen molar-refractivity contribution in [3.05, 3.63) is 12.7 Å². The van der Waals surface area contributed by atoms with Gasteiger partial charge < -0.3 is 10.6 Å². The van der Waals surface area contributed by atoms with Gasteiger partial charge in [-0.3, -0.25) is 9.59 Å². The maximum absolute atomic E-state index is 12.0. The molecule has 0 saturated carbocycles. The van der Waals surface area contributed by atoms with Gasteiger partial charge in [0.15, 0.2) is 0 Å². The summed E-state index contributed by atoms with van der Waals surface area (Å²) in [6.45, 7) is 8.07.